The number of carboxylic acid groups (broad SMARTS) is 1. The first-order valence-corrected chi connectivity index (χ1v) is 6.77. The third-order valence-corrected chi connectivity index (χ3v) is 3.71. The molecule has 0 unspecified atom stereocenters. The Kier molecular flexibility index (Phi) is 3.86. The number of aromatic nitrogens is 1. The minimum atomic E-state index is -1.09. The minimum absolute atomic E-state index is 0.0000931. The summed E-state index contributed by atoms with van der Waals surface area (Å²) in [5, 5.41) is 8.80. The lowest BCUT2D eigenvalue weighted by molar-refractivity contribution is 0.0691. The number of ketones is 1. The second-order valence-electron chi connectivity index (χ2n) is 3.56. The Labute approximate surface area is 125 Å². The van der Waals surface area contributed by atoms with Gasteiger partial charge in [-0.05, 0) is 46.9 Å². The van der Waals surface area contributed by atoms with Crippen molar-refractivity contribution in [3.63, 3.8) is 0 Å². The Morgan fingerprint density at radius 3 is 2.61 bits per heavy atom. The number of nitrogens with one attached hydrogen (secondary N) is 1. The molecule has 1 aromatic heterocycles. The van der Waals surface area contributed by atoms with Crippen LogP contribution < -0.4 is 0 Å². The number of carbonyl (C=O) groups is 2. The number of aromatic carboxylic acids is 1. The molecule has 0 aliphatic carbocycles. The van der Waals surface area contributed by atoms with Crippen molar-refractivity contribution in [2.24, 2.45) is 0 Å². The fourth-order valence-corrected chi connectivity index (χ4v) is 2.39. The molecule has 4 nitrogen and oxygen atoms in total. The molecule has 1 aromatic carbocycles. The van der Waals surface area contributed by atoms with Gasteiger partial charge in [0, 0.05) is 25.4 Å². The van der Waals surface area contributed by atoms with Gasteiger partial charge in [-0.15, -0.1) is 0 Å². The number of halogens is 2. The predicted octanol–water partition coefficient (Wildman–Crippen LogP) is 3.31. The molecule has 6 heteroatoms. The first-order chi connectivity index (χ1) is 8.49. The van der Waals surface area contributed by atoms with E-state index in [0.717, 1.165) is 3.57 Å². The Morgan fingerprint density at radius 2 is 2.00 bits per heavy atom. The van der Waals surface area contributed by atoms with E-state index in [1.165, 1.54) is 12.3 Å². The molecule has 0 saturated heterocycles. The molecule has 0 saturated carbocycles. The van der Waals surface area contributed by atoms with Crippen molar-refractivity contribution in [1.82, 2.24) is 4.98 Å². The summed E-state index contributed by atoms with van der Waals surface area (Å²) in [7, 11) is 0. The molecule has 18 heavy (non-hydrogen) atoms. The van der Waals surface area contributed by atoms with E-state index < -0.39 is 5.97 Å². The number of aromatic amines is 1. The van der Waals surface area contributed by atoms with Crippen LogP contribution in [0, 0.1) is 3.57 Å². The fourth-order valence-electron chi connectivity index (χ4n) is 1.48. The van der Waals surface area contributed by atoms with E-state index in [2.05, 4.69) is 43.5 Å². The lowest BCUT2D eigenvalue weighted by atomic mass is 10.1. The standard InChI is InChI=1S/C12H7BrINO3/c13-9-2-1-7(14)4-8(9)11(16)6-3-10(12(17)18)15-5-6/h1-5,15H,(H,17,18). The number of carbonyl (C=O) groups excluding carboxylic acids is 1. The van der Waals surface area contributed by atoms with Crippen molar-refractivity contribution in [3.8, 4) is 0 Å². The molecule has 0 aliphatic rings. The maximum Gasteiger partial charge on any atom is 0.352 e. The Balaban J connectivity index is 2.41. The molecule has 1 heterocycles. The molecule has 0 amide bonds. The highest BCUT2D eigenvalue weighted by Crippen LogP contribution is 2.22. The monoisotopic (exact) mass is 419 g/mol. The summed E-state index contributed by atoms with van der Waals surface area (Å²) in [6.07, 6.45) is 1.40. The van der Waals surface area contributed by atoms with Gasteiger partial charge in [0.25, 0.3) is 0 Å². The van der Waals surface area contributed by atoms with Gasteiger partial charge in [-0.1, -0.05) is 15.9 Å². The van der Waals surface area contributed by atoms with Gasteiger partial charge in [-0.3, -0.25) is 4.79 Å². The summed E-state index contributed by atoms with van der Waals surface area (Å²) in [5.74, 6) is -1.31. The van der Waals surface area contributed by atoms with Crippen LogP contribution in [0.3, 0.4) is 0 Å². The summed E-state index contributed by atoms with van der Waals surface area (Å²) in [5.41, 5.74) is 0.841. The van der Waals surface area contributed by atoms with Crippen LogP contribution >= 0.6 is 38.5 Å². The summed E-state index contributed by atoms with van der Waals surface area (Å²) < 4.78 is 1.62. The average molecular weight is 420 g/mol. The summed E-state index contributed by atoms with van der Waals surface area (Å²) in [4.78, 5) is 25.5. The van der Waals surface area contributed by atoms with Crippen LogP contribution in [0.5, 0.6) is 0 Å². The van der Waals surface area contributed by atoms with Crippen LogP contribution in [0.2, 0.25) is 0 Å². The maximum absolute atomic E-state index is 12.2. The van der Waals surface area contributed by atoms with Gasteiger partial charge in [0.05, 0.1) is 0 Å². The van der Waals surface area contributed by atoms with E-state index in [4.69, 9.17) is 5.11 Å². The molecule has 2 aromatic rings. The maximum atomic E-state index is 12.2. The zero-order chi connectivity index (χ0) is 13.3. The highest BCUT2D eigenvalue weighted by molar-refractivity contribution is 14.1. The molecule has 0 aliphatic heterocycles. The smallest absolute Gasteiger partial charge is 0.352 e. The predicted molar refractivity (Wildman–Crippen MR) is 78.0 cm³/mol. The normalized spacial score (nSPS) is 10.3. The van der Waals surface area contributed by atoms with Crippen LogP contribution in [0.15, 0.2) is 34.9 Å². The third-order valence-electron chi connectivity index (χ3n) is 2.35. The molecule has 2 rings (SSSR count). The molecule has 0 fully saturated rings. The van der Waals surface area contributed by atoms with Gasteiger partial charge < -0.3 is 10.1 Å². The molecule has 0 radical (unpaired) electrons. The number of rotatable bonds is 3. The number of hydrogen-bond acceptors (Lipinski definition) is 2. The highest BCUT2D eigenvalue weighted by atomic mass is 127. The molecule has 0 bridgehead atoms. The van der Waals surface area contributed by atoms with Crippen molar-refractivity contribution in [1.29, 1.82) is 0 Å². The number of hydrogen-bond donors (Lipinski definition) is 2. The van der Waals surface area contributed by atoms with Crippen LogP contribution in [-0.2, 0) is 0 Å². The Bertz CT molecular complexity index is 636. The van der Waals surface area contributed by atoms with Crippen molar-refractivity contribution >= 4 is 50.3 Å². The second kappa shape index (κ2) is 5.23. The topological polar surface area (TPSA) is 70.2 Å². The van der Waals surface area contributed by atoms with Gasteiger partial charge in [0.2, 0.25) is 0 Å². The van der Waals surface area contributed by atoms with Crippen molar-refractivity contribution in [2.45, 2.75) is 0 Å². The van der Waals surface area contributed by atoms with Crippen LogP contribution in [0.4, 0.5) is 0 Å². The summed E-state index contributed by atoms with van der Waals surface area (Å²) in [6, 6.07) is 6.75. The number of carboxylic acids is 1. The van der Waals surface area contributed by atoms with E-state index in [-0.39, 0.29) is 11.5 Å². The fraction of sp³-hybridized carbons (Fsp3) is 0. The molecule has 2 N–H and O–H groups in total. The summed E-state index contributed by atoms with van der Waals surface area (Å²) in [6.45, 7) is 0. The van der Waals surface area contributed by atoms with Crippen molar-refractivity contribution in [2.75, 3.05) is 0 Å². The van der Waals surface area contributed by atoms with E-state index >= 15 is 0 Å². The number of H-pyrrole nitrogens is 1. The van der Waals surface area contributed by atoms with Crippen LogP contribution in [-0.4, -0.2) is 21.8 Å². The van der Waals surface area contributed by atoms with E-state index in [9.17, 15) is 9.59 Å². The molecule has 0 spiro atoms. The zero-order valence-electron chi connectivity index (χ0n) is 8.91. The van der Waals surface area contributed by atoms with Gasteiger partial charge >= 0.3 is 5.97 Å². The second-order valence-corrected chi connectivity index (χ2v) is 5.66. The Morgan fingerprint density at radius 1 is 1.28 bits per heavy atom. The van der Waals surface area contributed by atoms with Crippen molar-refractivity contribution in [3.05, 3.63) is 55.3 Å². The van der Waals surface area contributed by atoms with Gasteiger partial charge in [0.15, 0.2) is 5.78 Å². The molecular formula is C12H7BrINO3. The third kappa shape index (κ3) is 2.64. The molecular weight excluding hydrogens is 413 g/mol. The van der Waals surface area contributed by atoms with Crippen LogP contribution in [0.25, 0.3) is 0 Å². The first-order valence-electron chi connectivity index (χ1n) is 4.90. The number of benzene rings is 1. The largest absolute Gasteiger partial charge is 0.477 e. The van der Waals surface area contributed by atoms with Gasteiger partial charge in [0.1, 0.15) is 5.69 Å². The Hall–Kier alpha value is -1.15. The molecule has 0 atom stereocenters. The van der Waals surface area contributed by atoms with Crippen LogP contribution in [0.1, 0.15) is 26.4 Å². The highest BCUT2D eigenvalue weighted by Gasteiger charge is 2.16. The lowest BCUT2D eigenvalue weighted by Crippen LogP contribution is -2.01. The SMILES string of the molecule is O=C(O)c1cc(C(=O)c2cc(I)ccc2Br)c[nH]1. The first kappa shape index (κ1) is 13.3. The van der Waals surface area contributed by atoms with Crippen molar-refractivity contribution < 1.29 is 14.7 Å². The van der Waals surface area contributed by atoms with Gasteiger partial charge in [-0.25, -0.2) is 4.79 Å². The van der Waals surface area contributed by atoms with Gasteiger partial charge in [-0.2, -0.15) is 0 Å². The summed E-state index contributed by atoms with van der Waals surface area (Å²) >= 11 is 5.43. The minimum Gasteiger partial charge on any atom is -0.477 e. The van der Waals surface area contributed by atoms with E-state index in [1.807, 2.05) is 6.07 Å². The van der Waals surface area contributed by atoms with E-state index in [1.54, 1.807) is 12.1 Å². The van der Waals surface area contributed by atoms with E-state index in [0.29, 0.717) is 15.6 Å². The zero-order valence-corrected chi connectivity index (χ0v) is 12.6. The molecule has 92 valence electrons. The lowest BCUT2D eigenvalue weighted by Gasteiger charge is -2.02. The quantitative estimate of drug-likeness (QED) is 0.592. The average Bonchev–Trinajstić information content (AvgIpc) is 2.81.